The second-order valence-corrected chi connectivity index (χ2v) is 13.5. The number of nitrogens with one attached hydrogen (secondary N) is 1. The first-order valence-electron chi connectivity index (χ1n) is 14.2. The predicted molar refractivity (Wildman–Crippen MR) is 155 cm³/mol. The van der Waals surface area contributed by atoms with Crippen molar-refractivity contribution in [1.29, 1.82) is 0 Å². The average molecular weight is 574 g/mol. The van der Waals surface area contributed by atoms with Gasteiger partial charge in [0.05, 0.1) is 24.9 Å². The summed E-state index contributed by atoms with van der Waals surface area (Å²) < 4.78 is 39.7. The minimum absolute atomic E-state index is 0.0525. The second kappa shape index (κ2) is 12.4. The summed E-state index contributed by atoms with van der Waals surface area (Å²) in [6.45, 7) is 13.2. The molecule has 2 aromatic rings. The van der Waals surface area contributed by atoms with E-state index in [4.69, 9.17) is 20.2 Å². The Balaban J connectivity index is 1.64. The molecule has 2 aliphatic rings. The number of sulfonamides is 1. The molecule has 3 unspecified atom stereocenters. The van der Waals surface area contributed by atoms with Gasteiger partial charge >= 0.3 is 0 Å². The molecule has 0 bridgehead atoms. The lowest BCUT2D eigenvalue weighted by Crippen LogP contribution is -2.41. The topological polar surface area (TPSA) is 137 Å². The highest BCUT2D eigenvalue weighted by molar-refractivity contribution is 7.90. The Kier molecular flexibility index (Phi) is 9.36. The van der Waals surface area contributed by atoms with Gasteiger partial charge in [-0.1, -0.05) is 19.9 Å². The molecule has 1 aliphatic carbocycles. The Labute approximate surface area is 238 Å². The summed E-state index contributed by atoms with van der Waals surface area (Å²) in [6.07, 6.45) is 3.84. The van der Waals surface area contributed by atoms with E-state index < -0.39 is 15.9 Å². The van der Waals surface area contributed by atoms with E-state index in [1.165, 1.54) is 18.2 Å². The molecular formula is C29H43N5O5S. The lowest BCUT2D eigenvalue weighted by Gasteiger charge is -2.36. The van der Waals surface area contributed by atoms with Gasteiger partial charge in [0.25, 0.3) is 15.9 Å². The Morgan fingerprint density at radius 2 is 1.88 bits per heavy atom. The van der Waals surface area contributed by atoms with Gasteiger partial charge in [0.15, 0.2) is 5.03 Å². The molecule has 1 aliphatic heterocycles. The van der Waals surface area contributed by atoms with Crippen LogP contribution in [0.5, 0.6) is 0 Å². The maximum Gasteiger partial charge on any atom is 0.281 e. The van der Waals surface area contributed by atoms with Crippen molar-refractivity contribution >= 4 is 27.6 Å². The highest BCUT2D eigenvalue weighted by atomic mass is 32.2. The molecule has 0 aromatic carbocycles. The number of aromatic nitrogens is 2. The number of nitrogen functional groups attached to an aromatic ring is 1. The Morgan fingerprint density at radius 1 is 1.10 bits per heavy atom. The van der Waals surface area contributed by atoms with Crippen LogP contribution < -0.4 is 15.4 Å². The van der Waals surface area contributed by atoms with Crippen molar-refractivity contribution < 1.29 is 22.7 Å². The van der Waals surface area contributed by atoms with Crippen LogP contribution in [0, 0.1) is 11.8 Å². The van der Waals surface area contributed by atoms with Crippen molar-refractivity contribution in [3.63, 3.8) is 0 Å². The molecular weight excluding hydrogens is 530 g/mol. The van der Waals surface area contributed by atoms with Crippen LogP contribution in [0.2, 0.25) is 0 Å². The molecule has 0 spiro atoms. The monoisotopic (exact) mass is 573 g/mol. The number of ether oxygens (including phenoxy) is 2. The van der Waals surface area contributed by atoms with Gasteiger partial charge in [-0.3, -0.25) is 4.79 Å². The van der Waals surface area contributed by atoms with Gasteiger partial charge in [0.1, 0.15) is 11.6 Å². The summed E-state index contributed by atoms with van der Waals surface area (Å²) >= 11 is 0. The molecule has 40 heavy (non-hydrogen) atoms. The van der Waals surface area contributed by atoms with E-state index in [0.29, 0.717) is 37.5 Å². The first-order valence-corrected chi connectivity index (χ1v) is 15.7. The van der Waals surface area contributed by atoms with E-state index in [2.05, 4.69) is 42.3 Å². The number of amides is 1. The third kappa shape index (κ3) is 7.11. The van der Waals surface area contributed by atoms with Crippen molar-refractivity contribution in [3.05, 3.63) is 41.6 Å². The van der Waals surface area contributed by atoms with Crippen LogP contribution in [-0.4, -0.2) is 62.3 Å². The molecule has 1 amide bonds. The average Bonchev–Trinajstić information content (AvgIpc) is 3.17. The summed E-state index contributed by atoms with van der Waals surface area (Å²) in [7, 11) is -4.23. The van der Waals surface area contributed by atoms with Gasteiger partial charge < -0.3 is 20.1 Å². The summed E-state index contributed by atoms with van der Waals surface area (Å²) in [5, 5.41) is -0.311. The molecule has 4 rings (SSSR count). The van der Waals surface area contributed by atoms with E-state index >= 15 is 0 Å². The number of hydrogen-bond acceptors (Lipinski definition) is 9. The third-order valence-electron chi connectivity index (χ3n) is 7.82. The summed E-state index contributed by atoms with van der Waals surface area (Å²) in [4.78, 5) is 24.6. The summed E-state index contributed by atoms with van der Waals surface area (Å²) in [6, 6.07) is 7.83. The van der Waals surface area contributed by atoms with Crippen molar-refractivity contribution in [3.8, 4) is 0 Å². The maximum atomic E-state index is 13.5. The maximum absolute atomic E-state index is 13.5. The predicted octanol–water partition coefficient (Wildman–Crippen LogP) is 4.13. The van der Waals surface area contributed by atoms with E-state index in [1.807, 2.05) is 13.0 Å². The SMILES string of the molecule is CCOCCOC1CC(C)CC(c2ccc(C(=O)NS(=O)(=O)c3cccc(N)n3)c(N3C[C@@H](C)CC3(C)C)n2)C1. The number of rotatable bonds is 10. The van der Waals surface area contributed by atoms with Crippen LogP contribution >= 0.6 is 0 Å². The zero-order valence-electron chi connectivity index (χ0n) is 24.2. The number of nitrogens with zero attached hydrogens (tertiary/aromatic N) is 3. The molecule has 10 nitrogen and oxygen atoms in total. The fraction of sp³-hybridized carbons (Fsp3) is 0.621. The Morgan fingerprint density at radius 3 is 2.55 bits per heavy atom. The number of carbonyl (C=O) groups excluding carboxylic acids is 1. The quantitative estimate of drug-likeness (QED) is 0.402. The number of anilines is 2. The van der Waals surface area contributed by atoms with Gasteiger partial charge in [0, 0.05) is 30.3 Å². The van der Waals surface area contributed by atoms with Crippen LogP contribution in [0.1, 0.15) is 82.3 Å². The highest BCUT2D eigenvalue weighted by Crippen LogP contribution is 2.41. The first-order chi connectivity index (χ1) is 18.9. The van der Waals surface area contributed by atoms with E-state index in [0.717, 1.165) is 37.9 Å². The zero-order chi connectivity index (χ0) is 29.1. The van der Waals surface area contributed by atoms with Gasteiger partial charge in [-0.2, -0.15) is 8.42 Å². The number of carbonyl (C=O) groups is 1. The zero-order valence-corrected chi connectivity index (χ0v) is 25.0. The van der Waals surface area contributed by atoms with Crippen LogP contribution in [-0.2, 0) is 19.5 Å². The van der Waals surface area contributed by atoms with Gasteiger partial charge in [-0.05, 0) is 82.6 Å². The molecule has 11 heteroatoms. The summed E-state index contributed by atoms with van der Waals surface area (Å²) in [5.41, 5.74) is 6.53. The summed E-state index contributed by atoms with van der Waals surface area (Å²) in [5.74, 6) is 0.837. The molecule has 3 N–H and O–H groups in total. The van der Waals surface area contributed by atoms with E-state index in [-0.39, 0.29) is 34.0 Å². The molecule has 2 aromatic heterocycles. The van der Waals surface area contributed by atoms with Crippen LogP contribution in [0.4, 0.5) is 11.6 Å². The third-order valence-corrected chi connectivity index (χ3v) is 9.05. The minimum atomic E-state index is -4.23. The normalized spacial score (nSPS) is 24.7. The molecule has 0 radical (unpaired) electrons. The largest absolute Gasteiger partial charge is 0.384 e. The standard InChI is InChI=1S/C29H43N5O5S/c1-6-38-12-13-39-22-15-19(2)14-21(16-22)24-11-10-23(27(31-24)34-18-20(3)17-29(34,4)5)28(35)33-40(36,37)26-9-7-8-25(30)32-26/h7-11,19-22H,6,12-18H2,1-5H3,(H2,30,32)(H,33,35)/t19?,20-,21?,22?/m0/s1. The van der Waals surface area contributed by atoms with Crippen molar-refractivity contribution in [2.45, 2.75) is 82.9 Å². The Hall–Kier alpha value is -2.76. The van der Waals surface area contributed by atoms with Crippen LogP contribution in [0.15, 0.2) is 35.4 Å². The number of nitrogens with two attached hydrogens (primary N) is 1. The number of hydrogen-bond donors (Lipinski definition) is 2. The fourth-order valence-electron chi connectivity index (χ4n) is 6.18. The highest BCUT2D eigenvalue weighted by Gasteiger charge is 2.40. The van der Waals surface area contributed by atoms with Crippen molar-refractivity contribution in [1.82, 2.24) is 14.7 Å². The smallest absolute Gasteiger partial charge is 0.281 e. The van der Waals surface area contributed by atoms with Crippen molar-refractivity contribution in [2.24, 2.45) is 11.8 Å². The van der Waals surface area contributed by atoms with Gasteiger partial charge in [-0.25, -0.2) is 14.7 Å². The Bertz CT molecular complexity index is 1300. The van der Waals surface area contributed by atoms with Gasteiger partial charge in [-0.15, -0.1) is 0 Å². The molecule has 1 saturated carbocycles. The van der Waals surface area contributed by atoms with E-state index in [1.54, 1.807) is 6.07 Å². The number of pyridine rings is 2. The van der Waals surface area contributed by atoms with Crippen LogP contribution in [0.3, 0.4) is 0 Å². The fourth-order valence-corrected chi connectivity index (χ4v) is 7.12. The van der Waals surface area contributed by atoms with E-state index in [9.17, 15) is 13.2 Å². The molecule has 2 fully saturated rings. The van der Waals surface area contributed by atoms with Crippen LogP contribution in [0.25, 0.3) is 0 Å². The molecule has 1 saturated heterocycles. The molecule has 3 heterocycles. The lowest BCUT2D eigenvalue weighted by atomic mass is 9.79. The second-order valence-electron chi connectivity index (χ2n) is 11.9. The first kappa shape index (κ1) is 30.2. The molecule has 220 valence electrons. The minimum Gasteiger partial charge on any atom is -0.384 e. The lowest BCUT2D eigenvalue weighted by molar-refractivity contribution is -0.0209. The van der Waals surface area contributed by atoms with Gasteiger partial charge in [0.2, 0.25) is 0 Å². The molecule has 4 atom stereocenters. The van der Waals surface area contributed by atoms with Crippen molar-refractivity contribution in [2.75, 3.05) is 37.0 Å².